The minimum atomic E-state index is 0.333. The van der Waals surface area contributed by atoms with E-state index in [0.717, 1.165) is 36.1 Å². The number of unbranched alkanes of at least 4 members (excludes halogenated alkanes) is 6. The smallest absolute Gasteiger partial charge is 0.123 e. The molecule has 108 valence electrons. The summed E-state index contributed by atoms with van der Waals surface area (Å²) >= 11 is 3.51. The Bertz CT molecular complexity index is 353. The molecule has 0 heterocycles. The Morgan fingerprint density at radius 3 is 2.32 bits per heavy atom. The second-order valence-corrected chi connectivity index (χ2v) is 5.76. The van der Waals surface area contributed by atoms with E-state index in [0.29, 0.717) is 6.61 Å². The molecule has 0 saturated heterocycles. The highest BCUT2D eigenvalue weighted by molar-refractivity contribution is 9.10. The van der Waals surface area contributed by atoms with Crippen LogP contribution in [0.5, 0.6) is 5.75 Å². The molecule has 2 nitrogen and oxygen atoms in total. The number of ether oxygens (including phenoxy) is 1. The van der Waals surface area contributed by atoms with E-state index in [4.69, 9.17) is 9.84 Å². The second kappa shape index (κ2) is 10.3. The third-order valence-corrected chi connectivity index (χ3v) is 4.14. The Morgan fingerprint density at radius 2 is 1.63 bits per heavy atom. The zero-order chi connectivity index (χ0) is 13.9. The summed E-state index contributed by atoms with van der Waals surface area (Å²) in [6.07, 6.45) is 8.24. The number of rotatable bonds is 10. The van der Waals surface area contributed by atoms with Crippen LogP contribution in [0, 0.1) is 6.92 Å². The zero-order valence-corrected chi connectivity index (χ0v) is 13.4. The molecule has 1 rings (SSSR count). The summed E-state index contributed by atoms with van der Waals surface area (Å²) in [6, 6.07) is 6.07. The van der Waals surface area contributed by atoms with Crippen LogP contribution in [0.2, 0.25) is 0 Å². The maximum Gasteiger partial charge on any atom is 0.123 e. The number of hydrogen-bond donors (Lipinski definition) is 1. The molecule has 0 fully saturated rings. The van der Waals surface area contributed by atoms with Crippen molar-refractivity contribution in [3.63, 3.8) is 0 Å². The van der Waals surface area contributed by atoms with Crippen LogP contribution in [0.4, 0.5) is 0 Å². The van der Waals surface area contributed by atoms with Crippen LogP contribution in [0.3, 0.4) is 0 Å². The highest BCUT2D eigenvalue weighted by atomic mass is 79.9. The predicted molar refractivity (Wildman–Crippen MR) is 83.8 cm³/mol. The number of aliphatic hydroxyl groups excluding tert-OH is 1. The molecular weight excluding hydrogens is 304 g/mol. The van der Waals surface area contributed by atoms with E-state index in [1.54, 1.807) is 0 Å². The van der Waals surface area contributed by atoms with Crippen molar-refractivity contribution in [1.82, 2.24) is 0 Å². The summed E-state index contributed by atoms with van der Waals surface area (Å²) in [6.45, 7) is 3.20. The quantitative estimate of drug-likeness (QED) is 0.621. The lowest BCUT2D eigenvalue weighted by Gasteiger charge is -2.10. The molecule has 0 aliphatic heterocycles. The van der Waals surface area contributed by atoms with Crippen molar-refractivity contribution in [3.8, 4) is 5.75 Å². The van der Waals surface area contributed by atoms with Crippen molar-refractivity contribution in [2.75, 3.05) is 13.2 Å². The molecule has 0 aliphatic rings. The van der Waals surface area contributed by atoms with Crippen molar-refractivity contribution in [1.29, 1.82) is 0 Å². The first-order valence-electron chi connectivity index (χ1n) is 7.24. The Labute approximate surface area is 125 Å². The molecule has 19 heavy (non-hydrogen) atoms. The minimum absolute atomic E-state index is 0.333. The maximum atomic E-state index is 8.67. The van der Waals surface area contributed by atoms with Gasteiger partial charge in [0.05, 0.1) is 6.61 Å². The van der Waals surface area contributed by atoms with Gasteiger partial charge in [-0.05, 0) is 31.9 Å². The first-order chi connectivity index (χ1) is 9.25. The third-order valence-electron chi connectivity index (χ3n) is 3.28. The summed E-state index contributed by atoms with van der Waals surface area (Å²) < 4.78 is 6.91. The van der Waals surface area contributed by atoms with Gasteiger partial charge in [0.25, 0.3) is 0 Å². The SMILES string of the molecule is Cc1c(Br)cccc1OCCCCCCCCCO. The molecule has 1 aromatic rings. The molecule has 1 N–H and O–H groups in total. The van der Waals surface area contributed by atoms with E-state index in [2.05, 4.69) is 22.9 Å². The monoisotopic (exact) mass is 328 g/mol. The summed E-state index contributed by atoms with van der Waals surface area (Å²) in [7, 11) is 0. The van der Waals surface area contributed by atoms with Gasteiger partial charge in [-0.3, -0.25) is 0 Å². The van der Waals surface area contributed by atoms with Crippen LogP contribution in [-0.4, -0.2) is 18.3 Å². The summed E-state index contributed by atoms with van der Waals surface area (Å²) in [5.41, 5.74) is 1.17. The van der Waals surface area contributed by atoms with Crippen LogP contribution >= 0.6 is 15.9 Å². The third kappa shape index (κ3) is 6.98. The van der Waals surface area contributed by atoms with Gasteiger partial charge in [-0.2, -0.15) is 0 Å². The lowest BCUT2D eigenvalue weighted by atomic mass is 10.1. The number of aliphatic hydroxyl groups is 1. The fourth-order valence-corrected chi connectivity index (χ4v) is 2.37. The van der Waals surface area contributed by atoms with E-state index < -0.39 is 0 Å². The topological polar surface area (TPSA) is 29.5 Å². The fraction of sp³-hybridized carbons (Fsp3) is 0.625. The van der Waals surface area contributed by atoms with Crippen LogP contribution in [-0.2, 0) is 0 Å². The molecule has 1 aromatic carbocycles. The highest BCUT2D eigenvalue weighted by Crippen LogP contribution is 2.25. The number of benzene rings is 1. The molecule has 0 aliphatic carbocycles. The highest BCUT2D eigenvalue weighted by Gasteiger charge is 2.02. The lowest BCUT2D eigenvalue weighted by molar-refractivity contribution is 0.281. The molecule has 0 amide bonds. The Hall–Kier alpha value is -0.540. The first kappa shape index (κ1) is 16.5. The average Bonchev–Trinajstić information content (AvgIpc) is 2.41. The normalized spacial score (nSPS) is 10.7. The summed E-state index contributed by atoms with van der Waals surface area (Å²) in [5, 5.41) is 8.67. The van der Waals surface area contributed by atoms with Crippen LogP contribution in [0.1, 0.15) is 50.5 Å². The molecule has 0 saturated carbocycles. The Kier molecular flexibility index (Phi) is 8.93. The second-order valence-electron chi connectivity index (χ2n) is 4.91. The van der Waals surface area contributed by atoms with Gasteiger partial charge in [0, 0.05) is 16.6 Å². The standard InChI is InChI=1S/C16H25BrO2/c1-14-15(17)10-9-11-16(14)19-13-8-6-4-2-3-5-7-12-18/h9-11,18H,2-8,12-13H2,1H3. The van der Waals surface area contributed by atoms with Gasteiger partial charge < -0.3 is 9.84 Å². The first-order valence-corrected chi connectivity index (χ1v) is 8.04. The molecule has 3 heteroatoms. The summed E-state index contributed by atoms with van der Waals surface area (Å²) in [4.78, 5) is 0. The van der Waals surface area contributed by atoms with Crippen molar-refractivity contribution in [2.24, 2.45) is 0 Å². The van der Waals surface area contributed by atoms with Crippen molar-refractivity contribution >= 4 is 15.9 Å². The summed E-state index contributed by atoms with van der Waals surface area (Å²) in [5.74, 6) is 0.984. The molecule has 0 spiro atoms. The van der Waals surface area contributed by atoms with Crippen LogP contribution in [0.15, 0.2) is 22.7 Å². The van der Waals surface area contributed by atoms with E-state index in [-0.39, 0.29) is 0 Å². The van der Waals surface area contributed by atoms with E-state index in [9.17, 15) is 0 Å². The largest absolute Gasteiger partial charge is 0.493 e. The van der Waals surface area contributed by atoms with Crippen molar-refractivity contribution in [2.45, 2.75) is 51.9 Å². The Morgan fingerprint density at radius 1 is 1.00 bits per heavy atom. The average molecular weight is 329 g/mol. The van der Waals surface area contributed by atoms with Crippen LogP contribution in [0.25, 0.3) is 0 Å². The minimum Gasteiger partial charge on any atom is -0.493 e. The van der Waals surface area contributed by atoms with E-state index >= 15 is 0 Å². The molecule has 0 radical (unpaired) electrons. The van der Waals surface area contributed by atoms with Gasteiger partial charge in [-0.25, -0.2) is 0 Å². The van der Waals surface area contributed by atoms with Gasteiger partial charge in [-0.15, -0.1) is 0 Å². The fourth-order valence-electron chi connectivity index (χ4n) is 2.02. The number of halogens is 1. The Balaban J connectivity index is 2.03. The van der Waals surface area contributed by atoms with E-state index in [1.807, 2.05) is 18.2 Å². The molecule has 0 bridgehead atoms. The number of hydrogen-bond acceptors (Lipinski definition) is 2. The molecular formula is C16H25BrO2. The van der Waals surface area contributed by atoms with Crippen LogP contribution < -0.4 is 4.74 Å². The zero-order valence-electron chi connectivity index (χ0n) is 11.8. The van der Waals surface area contributed by atoms with Gasteiger partial charge >= 0.3 is 0 Å². The van der Waals surface area contributed by atoms with Gasteiger partial charge in [-0.1, -0.05) is 54.1 Å². The van der Waals surface area contributed by atoms with E-state index in [1.165, 1.54) is 31.2 Å². The van der Waals surface area contributed by atoms with Gasteiger partial charge in [0.1, 0.15) is 5.75 Å². The van der Waals surface area contributed by atoms with Crippen molar-refractivity contribution in [3.05, 3.63) is 28.2 Å². The van der Waals surface area contributed by atoms with Gasteiger partial charge in [0.2, 0.25) is 0 Å². The predicted octanol–water partition coefficient (Wildman–Crippen LogP) is 4.86. The van der Waals surface area contributed by atoms with Crippen molar-refractivity contribution < 1.29 is 9.84 Å². The van der Waals surface area contributed by atoms with Gasteiger partial charge in [0.15, 0.2) is 0 Å². The molecule has 0 unspecified atom stereocenters. The maximum absolute atomic E-state index is 8.67. The molecule has 0 aromatic heterocycles. The lowest BCUT2D eigenvalue weighted by Crippen LogP contribution is -1.99. The molecule has 0 atom stereocenters.